The molecule has 10 heteroatoms. The third kappa shape index (κ3) is 5.03. The van der Waals surface area contributed by atoms with E-state index in [2.05, 4.69) is 5.32 Å². The number of likely N-dealkylation sites (tertiary alicyclic amines) is 1. The Morgan fingerprint density at radius 2 is 2.14 bits per heavy atom. The molecule has 1 saturated heterocycles. The van der Waals surface area contributed by atoms with Crippen LogP contribution in [0.5, 0.6) is 0 Å². The van der Waals surface area contributed by atoms with E-state index in [1.165, 1.54) is 30.0 Å². The maximum atomic E-state index is 12.8. The van der Waals surface area contributed by atoms with Crippen molar-refractivity contribution in [3.63, 3.8) is 0 Å². The summed E-state index contributed by atoms with van der Waals surface area (Å²) in [6, 6.07) is 2.59. The van der Waals surface area contributed by atoms with Gasteiger partial charge < -0.3 is 20.1 Å². The number of hydrogen-bond acceptors (Lipinski definition) is 7. The van der Waals surface area contributed by atoms with Crippen LogP contribution in [-0.2, 0) is 14.3 Å². The van der Waals surface area contributed by atoms with Gasteiger partial charge in [0.2, 0.25) is 5.91 Å². The summed E-state index contributed by atoms with van der Waals surface area (Å²) >= 11 is 0. The van der Waals surface area contributed by atoms with Gasteiger partial charge in [-0.05, 0) is 31.9 Å². The van der Waals surface area contributed by atoms with Gasteiger partial charge in [-0.25, -0.2) is 0 Å². The minimum atomic E-state index is -0.768. The molecule has 0 radical (unpaired) electrons. The summed E-state index contributed by atoms with van der Waals surface area (Å²) in [6.07, 6.45) is 1.08. The summed E-state index contributed by atoms with van der Waals surface area (Å²) in [5, 5.41) is 22.9. The smallest absolute Gasteiger partial charge is 0.302 e. The molecule has 1 aromatic carbocycles. The van der Waals surface area contributed by atoms with Crippen molar-refractivity contribution in [2.75, 3.05) is 19.8 Å². The Bertz CT molecular complexity index is 780. The number of nitro benzene ring substituents is 1. The first-order valence-electron chi connectivity index (χ1n) is 8.85. The molecule has 0 aromatic heterocycles. The number of amides is 2. The Morgan fingerprint density at radius 1 is 1.43 bits per heavy atom. The van der Waals surface area contributed by atoms with Crippen LogP contribution in [0.3, 0.4) is 0 Å². The first-order valence-corrected chi connectivity index (χ1v) is 8.85. The molecule has 2 atom stereocenters. The summed E-state index contributed by atoms with van der Waals surface area (Å²) in [5.41, 5.74) is 0.544. The zero-order valence-corrected chi connectivity index (χ0v) is 15.7. The Balaban J connectivity index is 2.09. The molecule has 10 nitrogen and oxygen atoms in total. The Kier molecular flexibility index (Phi) is 7.05. The molecule has 2 N–H and O–H groups in total. The van der Waals surface area contributed by atoms with Crippen molar-refractivity contribution in [2.45, 2.75) is 38.8 Å². The van der Waals surface area contributed by atoms with Crippen molar-refractivity contribution in [3.8, 4) is 0 Å². The Hall–Kier alpha value is -3.01. The van der Waals surface area contributed by atoms with E-state index in [4.69, 9.17) is 4.74 Å². The van der Waals surface area contributed by atoms with E-state index in [0.717, 1.165) is 0 Å². The number of carbonyl (C=O) groups is 3. The van der Waals surface area contributed by atoms with Gasteiger partial charge in [-0.2, -0.15) is 0 Å². The lowest BCUT2D eigenvalue weighted by Gasteiger charge is -2.26. The number of nitrogens with one attached hydrogen (secondary N) is 1. The molecule has 1 fully saturated rings. The van der Waals surface area contributed by atoms with E-state index in [1.54, 1.807) is 6.92 Å². The zero-order valence-electron chi connectivity index (χ0n) is 15.7. The normalized spacial score (nSPS) is 17.1. The lowest BCUT2D eigenvalue weighted by molar-refractivity contribution is -0.385. The average Bonchev–Trinajstić information content (AvgIpc) is 3.13. The average molecular weight is 393 g/mol. The maximum absolute atomic E-state index is 12.8. The predicted octanol–water partition coefficient (Wildman–Crippen LogP) is 0.548. The van der Waals surface area contributed by atoms with Crippen LogP contribution in [0.2, 0.25) is 0 Å². The standard InChI is InChI=1S/C18H23N3O7/c1-11-8-13(5-6-15(11)21(26)27)18(25)20-7-3-4-16(20)17(24)19-14(9-22)10-28-12(2)23/h5-6,8,14,16,22H,3-4,7,9-10H2,1-2H3,(H,19,24). The highest BCUT2D eigenvalue weighted by Crippen LogP contribution is 2.24. The second kappa shape index (κ2) is 9.27. The second-order valence-corrected chi connectivity index (χ2v) is 6.61. The van der Waals surface area contributed by atoms with E-state index in [-0.39, 0.29) is 17.9 Å². The molecule has 0 saturated carbocycles. The summed E-state index contributed by atoms with van der Waals surface area (Å²) in [6.45, 7) is 2.56. The summed E-state index contributed by atoms with van der Waals surface area (Å²) in [7, 11) is 0. The molecule has 152 valence electrons. The van der Waals surface area contributed by atoms with Gasteiger partial charge in [-0.15, -0.1) is 0 Å². The molecular formula is C18H23N3O7. The van der Waals surface area contributed by atoms with Crippen LogP contribution in [0.1, 0.15) is 35.7 Å². The summed E-state index contributed by atoms with van der Waals surface area (Å²) in [4.78, 5) is 48.1. The van der Waals surface area contributed by atoms with Crippen LogP contribution in [0.25, 0.3) is 0 Å². The minimum absolute atomic E-state index is 0.0801. The van der Waals surface area contributed by atoms with Crippen LogP contribution in [0.4, 0.5) is 5.69 Å². The molecule has 0 aliphatic carbocycles. The monoisotopic (exact) mass is 393 g/mol. The molecule has 1 aliphatic rings. The molecular weight excluding hydrogens is 370 g/mol. The van der Waals surface area contributed by atoms with Gasteiger partial charge >= 0.3 is 5.97 Å². The zero-order chi connectivity index (χ0) is 20.8. The first kappa shape index (κ1) is 21.3. The number of aryl methyl sites for hydroxylation is 1. The third-order valence-electron chi connectivity index (χ3n) is 4.51. The molecule has 0 bridgehead atoms. The largest absolute Gasteiger partial charge is 0.464 e. The second-order valence-electron chi connectivity index (χ2n) is 6.61. The van der Waals surface area contributed by atoms with Crippen LogP contribution in [0, 0.1) is 17.0 Å². The molecule has 1 heterocycles. The predicted molar refractivity (Wildman–Crippen MR) is 97.5 cm³/mol. The highest BCUT2D eigenvalue weighted by molar-refractivity contribution is 5.98. The van der Waals surface area contributed by atoms with Gasteiger partial charge in [0, 0.05) is 30.7 Å². The number of nitrogens with zero attached hydrogens (tertiary/aromatic N) is 2. The van der Waals surface area contributed by atoms with Crippen LogP contribution in [-0.4, -0.2) is 64.6 Å². The number of carbonyl (C=O) groups excluding carboxylic acids is 3. The molecule has 2 unspecified atom stereocenters. The van der Waals surface area contributed by atoms with Gasteiger partial charge in [0.15, 0.2) is 0 Å². The van der Waals surface area contributed by atoms with Gasteiger partial charge in [0.05, 0.1) is 17.6 Å². The van der Waals surface area contributed by atoms with E-state index >= 15 is 0 Å². The van der Waals surface area contributed by atoms with Crippen molar-refractivity contribution in [2.24, 2.45) is 0 Å². The van der Waals surface area contributed by atoms with Crippen molar-refractivity contribution in [1.82, 2.24) is 10.2 Å². The van der Waals surface area contributed by atoms with E-state index in [1.807, 2.05) is 0 Å². The molecule has 1 aliphatic heterocycles. The van der Waals surface area contributed by atoms with Crippen molar-refractivity contribution in [1.29, 1.82) is 0 Å². The molecule has 1 aromatic rings. The fraction of sp³-hybridized carbons (Fsp3) is 0.500. The van der Waals surface area contributed by atoms with E-state index < -0.39 is 41.4 Å². The lowest BCUT2D eigenvalue weighted by atomic mass is 10.1. The molecule has 2 amide bonds. The molecule has 0 spiro atoms. The summed E-state index contributed by atoms with van der Waals surface area (Å²) < 4.78 is 4.80. The highest BCUT2D eigenvalue weighted by Gasteiger charge is 2.35. The fourth-order valence-electron chi connectivity index (χ4n) is 3.10. The lowest BCUT2D eigenvalue weighted by Crippen LogP contribution is -2.51. The highest BCUT2D eigenvalue weighted by atomic mass is 16.6. The van der Waals surface area contributed by atoms with E-state index in [9.17, 15) is 29.6 Å². The topological polar surface area (TPSA) is 139 Å². The number of nitro groups is 1. The third-order valence-corrected chi connectivity index (χ3v) is 4.51. The van der Waals surface area contributed by atoms with Gasteiger partial charge in [0.25, 0.3) is 11.6 Å². The number of benzene rings is 1. The van der Waals surface area contributed by atoms with Gasteiger partial charge in [0.1, 0.15) is 12.6 Å². The minimum Gasteiger partial charge on any atom is -0.464 e. The van der Waals surface area contributed by atoms with Gasteiger partial charge in [-0.1, -0.05) is 0 Å². The summed E-state index contributed by atoms with van der Waals surface area (Å²) in [5.74, 6) is -1.37. The number of aliphatic hydroxyl groups is 1. The molecule has 2 rings (SSSR count). The van der Waals surface area contributed by atoms with Gasteiger partial charge in [-0.3, -0.25) is 24.5 Å². The number of rotatable bonds is 7. The number of hydrogen-bond donors (Lipinski definition) is 2. The Labute approximate surface area is 161 Å². The first-order chi connectivity index (χ1) is 13.2. The quantitative estimate of drug-likeness (QED) is 0.392. The van der Waals surface area contributed by atoms with Crippen LogP contribution in [0.15, 0.2) is 18.2 Å². The van der Waals surface area contributed by atoms with Crippen molar-refractivity contribution < 1.29 is 29.2 Å². The number of ether oxygens (including phenoxy) is 1. The number of aliphatic hydroxyl groups excluding tert-OH is 1. The van der Waals surface area contributed by atoms with Crippen LogP contribution < -0.4 is 5.32 Å². The fourth-order valence-corrected chi connectivity index (χ4v) is 3.10. The number of esters is 1. The van der Waals surface area contributed by atoms with Crippen molar-refractivity contribution >= 4 is 23.5 Å². The van der Waals surface area contributed by atoms with Crippen molar-refractivity contribution in [3.05, 3.63) is 39.4 Å². The Morgan fingerprint density at radius 3 is 2.71 bits per heavy atom. The maximum Gasteiger partial charge on any atom is 0.302 e. The molecule has 28 heavy (non-hydrogen) atoms. The van der Waals surface area contributed by atoms with E-state index in [0.29, 0.717) is 24.9 Å². The SMILES string of the molecule is CC(=O)OCC(CO)NC(=O)C1CCCN1C(=O)c1ccc([N+](=O)[O-])c(C)c1. The van der Waals surface area contributed by atoms with Crippen LogP contribution >= 0.6 is 0 Å².